The van der Waals surface area contributed by atoms with E-state index >= 15 is 8.78 Å². The molecule has 4 amide bonds. The zero-order chi connectivity index (χ0) is 44.1. The molecular formula is C47H51ClF3N7O5. The van der Waals surface area contributed by atoms with Crippen LogP contribution in [0.3, 0.4) is 0 Å². The number of aromatic nitrogens is 1. The van der Waals surface area contributed by atoms with Gasteiger partial charge in [-0.05, 0) is 106 Å². The van der Waals surface area contributed by atoms with Gasteiger partial charge >= 0.3 is 0 Å². The van der Waals surface area contributed by atoms with Gasteiger partial charge in [0.25, 0.3) is 11.8 Å². The number of halogens is 4. The lowest BCUT2D eigenvalue weighted by Crippen LogP contribution is -2.63. The average molecular weight is 886 g/mol. The van der Waals surface area contributed by atoms with Crippen molar-refractivity contribution in [2.24, 2.45) is 0 Å². The number of hydrogen-bond acceptors (Lipinski definition) is 9. The van der Waals surface area contributed by atoms with Crippen molar-refractivity contribution in [3.8, 4) is 16.9 Å². The van der Waals surface area contributed by atoms with E-state index < -0.39 is 35.4 Å². The number of hydrogen-bond donors (Lipinski definition) is 2. The molecule has 3 aromatic carbocycles. The Labute approximate surface area is 369 Å². The smallest absolute Gasteiger partial charge is 0.255 e. The highest BCUT2D eigenvalue weighted by Crippen LogP contribution is 2.47. The number of piperazine rings is 1. The monoisotopic (exact) mass is 885 g/mol. The predicted octanol–water partition coefficient (Wildman–Crippen LogP) is 7.09. The summed E-state index contributed by atoms with van der Waals surface area (Å²) in [5.74, 6) is -2.85. The van der Waals surface area contributed by atoms with Gasteiger partial charge in [-0.3, -0.25) is 29.5 Å². The van der Waals surface area contributed by atoms with Crippen LogP contribution in [0.4, 0.5) is 24.5 Å². The minimum Gasteiger partial charge on any atom is -0.493 e. The fourth-order valence-corrected chi connectivity index (χ4v) is 10.5. The number of carbonyl (C=O) groups excluding carboxylic acids is 4. The Morgan fingerprint density at radius 2 is 1.70 bits per heavy atom. The van der Waals surface area contributed by atoms with Crippen LogP contribution in [0.1, 0.15) is 92.1 Å². The molecule has 3 saturated heterocycles. The fourth-order valence-electron chi connectivity index (χ4n) is 10.2. The number of fused-ring (bicyclic) bond motifs is 6. The van der Waals surface area contributed by atoms with E-state index in [1.807, 2.05) is 11.8 Å². The Balaban J connectivity index is 0.766. The second-order valence-corrected chi connectivity index (χ2v) is 18.0. The van der Waals surface area contributed by atoms with Crippen LogP contribution in [0.25, 0.3) is 22.0 Å². The maximum absolute atomic E-state index is 16.7. The molecule has 63 heavy (non-hydrogen) atoms. The predicted molar refractivity (Wildman–Crippen MR) is 234 cm³/mol. The van der Waals surface area contributed by atoms with Gasteiger partial charge in [-0.1, -0.05) is 36.9 Å². The fraction of sp³-hybridized carbons (Fsp3) is 0.468. The Morgan fingerprint density at radius 1 is 0.921 bits per heavy atom. The van der Waals surface area contributed by atoms with E-state index in [1.54, 1.807) is 30.1 Å². The maximum Gasteiger partial charge on any atom is 0.255 e. The molecule has 332 valence electrons. The van der Waals surface area contributed by atoms with E-state index in [-0.39, 0.29) is 76.5 Å². The van der Waals surface area contributed by atoms with Crippen LogP contribution in [-0.2, 0) is 20.9 Å². The topological polar surface area (TPSA) is 127 Å². The number of nitrogens with one attached hydrogen (secondary N) is 2. The first-order valence-corrected chi connectivity index (χ1v) is 22.5. The molecule has 0 bridgehead atoms. The first-order valence-electron chi connectivity index (χ1n) is 22.1. The molecule has 3 fully saturated rings. The molecule has 0 aliphatic carbocycles. The number of rotatable bonds is 12. The number of carbonyl (C=O) groups is 4. The van der Waals surface area contributed by atoms with Gasteiger partial charge < -0.3 is 29.7 Å². The molecule has 16 heteroatoms. The zero-order valence-electron chi connectivity index (χ0n) is 35.5. The lowest BCUT2D eigenvalue weighted by Gasteiger charge is -2.46. The largest absolute Gasteiger partial charge is 0.493 e. The third kappa shape index (κ3) is 8.12. The van der Waals surface area contributed by atoms with Gasteiger partial charge in [0.05, 0.1) is 34.8 Å². The van der Waals surface area contributed by atoms with Gasteiger partial charge in [0.15, 0.2) is 5.82 Å². The number of nitrogens with zero attached hydrogens (tertiary/aromatic N) is 5. The quantitative estimate of drug-likeness (QED) is 0.113. The summed E-state index contributed by atoms with van der Waals surface area (Å²) in [5, 5.41) is 6.14. The van der Waals surface area contributed by atoms with Gasteiger partial charge in [-0.2, -0.15) is 0 Å². The average Bonchev–Trinajstić information content (AvgIpc) is 3.58. The first-order chi connectivity index (χ1) is 30.4. The molecule has 6 heterocycles. The van der Waals surface area contributed by atoms with Gasteiger partial charge in [-0.15, -0.1) is 0 Å². The summed E-state index contributed by atoms with van der Waals surface area (Å²) < 4.78 is 53.3. The molecule has 5 aliphatic rings. The highest BCUT2D eigenvalue weighted by Gasteiger charge is 2.43. The van der Waals surface area contributed by atoms with Gasteiger partial charge in [0, 0.05) is 55.7 Å². The molecule has 0 spiro atoms. The molecular weight excluding hydrogens is 835 g/mol. The van der Waals surface area contributed by atoms with E-state index in [2.05, 4.69) is 20.5 Å². The van der Waals surface area contributed by atoms with Crippen LogP contribution in [0.15, 0.2) is 42.6 Å². The molecule has 0 saturated carbocycles. The van der Waals surface area contributed by atoms with Crippen molar-refractivity contribution in [3.05, 3.63) is 81.8 Å². The Morgan fingerprint density at radius 3 is 2.49 bits per heavy atom. The first kappa shape index (κ1) is 43.0. The van der Waals surface area contributed by atoms with Gasteiger partial charge in [0.2, 0.25) is 11.8 Å². The molecule has 9 rings (SSSR count). The number of anilines is 2. The number of pyridine rings is 1. The highest BCUT2D eigenvalue weighted by molar-refractivity contribution is 6.35. The minimum atomic E-state index is -0.758. The van der Waals surface area contributed by atoms with Crippen molar-refractivity contribution >= 4 is 57.5 Å². The van der Waals surface area contributed by atoms with Crippen molar-refractivity contribution in [2.75, 3.05) is 56.2 Å². The third-order valence-electron chi connectivity index (χ3n) is 13.6. The number of piperidine rings is 2. The van der Waals surface area contributed by atoms with Crippen LogP contribution >= 0.6 is 11.6 Å². The number of imide groups is 1. The molecule has 4 aromatic rings. The van der Waals surface area contributed by atoms with Crippen LogP contribution in [0.2, 0.25) is 5.02 Å². The zero-order valence-corrected chi connectivity index (χ0v) is 36.2. The molecule has 1 unspecified atom stereocenters. The summed E-state index contributed by atoms with van der Waals surface area (Å²) in [4.78, 5) is 62.6. The van der Waals surface area contributed by atoms with E-state index in [9.17, 15) is 23.6 Å². The molecule has 0 radical (unpaired) electrons. The molecule has 5 aliphatic heterocycles. The van der Waals surface area contributed by atoms with E-state index in [0.29, 0.717) is 42.0 Å². The summed E-state index contributed by atoms with van der Waals surface area (Å²) in [6.45, 7) is 6.22. The van der Waals surface area contributed by atoms with E-state index in [0.717, 1.165) is 75.7 Å². The van der Waals surface area contributed by atoms with Crippen molar-refractivity contribution in [3.63, 3.8) is 0 Å². The van der Waals surface area contributed by atoms with E-state index in [4.69, 9.17) is 16.3 Å². The summed E-state index contributed by atoms with van der Waals surface area (Å²) in [7, 11) is 1.68. The van der Waals surface area contributed by atoms with Crippen LogP contribution in [0.5, 0.6) is 5.75 Å². The second kappa shape index (κ2) is 17.7. The Kier molecular flexibility index (Phi) is 12.1. The Bertz CT molecular complexity index is 2500. The van der Waals surface area contributed by atoms with E-state index in [1.165, 1.54) is 29.3 Å². The van der Waals surface area contributed by atoms with Crippen molar-refractivity contribution in [2.45, 2.75) is 95.3 Å². The van der Waals surface area contributed by atoms with Crippen LogP contribution < -0.4 is 25.2 Å². The lowest BCUT2D eigenvalue weighted by molar-refractivity contribution is -0.137. The Hall–Kier alpha value is -5.25. The molecule has 2 N–H and O–H groups in total. The summed E-state index contributed by atoms with van der Waals surface area (Å²) in [6, 6.07) is 7.73. The summed E-state index contributed by atoms with van der Waals surface area (Å²) >= 11 is 6.84. The highest BCUT2D eigenvalue weighted by atomic mass is 35.5. The number of amides is 4. The summed E-state index contributed by atoms with van der Waals surface area (Å²) in [6.07, 6.45) is 8.24. The number of likely N-dealkylation sites (N-methyl/N-ethyl adjacent to an activating group) is 1. The number of unbranched alkanes of at least 4 members (excludes halogenated alkanes) is 4. The van der Waals surface area contributed by atoms with Crippen molar-refractivity contribution < 1.29 is 37.1 Å². The molecule has 1 aromatic heterocycles. The van der Waals surface area contributed by atoms with Gasteiger partial charge in [0.1, 0.15) is 35.0 Å². The molecule has 12 nitrogen and oxygen atoms in total. The van der Waals surface area contributed by atoms with Gasteiger partial charge in [-0.25, -0.2) is 13.2 Å². The SMILES string of the molecule is C[C@@H]1CN2c3c(cnc4c(F)c(-c5c(F)cccc5OCCCCCCCN5CCC(c6cc(F)cc7c6CN(C6CCC(=O)NC6=O)C7=O)CC5)c(Cl)cc34)N(C)C(=O)[C@H]2CN1. The number of benzene rings is 3. The number of likely N-dealkylation sites (tertiary alicyclic amines) is 1. The minimum absolute atomic E-state index is 0.0148. The standard InChI is InChI=1S/C47H51ClF3N7O5/c1-26-24-57-37(23-52-26)47(62)55(2)36-22-53-43-31(44(36)57)21-33(48)40(42(43)51)41-34(50)9-8-10-38(41)63-18-7-5-3-4-6-15-56-16-13-27(14-17-56)29-19-28(49)20-30-32(29)25-58(46(30)61)35-11-12-39(59)54-45(35)60/h8-10,19-22,26-27,35,37,52H,3-7,11-18,23-25H2,1-2H3,(H,54,59,60)/t26-,35?,37-/m1/s1. The van der Waals surface area contributed by atoms with Crippen molar-refractivity contribution in [1.29, 1.82) is 0 Å². The second-order valence-electron chi connectivity index (χ2n) is 17.6. The third-order valence-corrected chi connectivity index (χ3v) is 13.9. The van der Waals surface area contributed by atoms with Crippen molar-refractivity contribution in [1.82, 2.24) is 25.4 Å². The van der Waals surface area contributed by atoms with Crippen LogP contribution in [-0.4, -0.2) is 103 Å². The normalized spacial score (nSPS) is 21.8. The lowest BCUT2D eigenvalue weighted by atomic mass is 9.85. The summed E-state index contributed by atoms with van der Waals surface area (Å²) in [5.41, 5.74) is 3.04. The maximum atomic E-state index is 16.7. The van der Waals surface area contributed by atoms with Crippen LogP contribution in [0, 0.1) is 17.5 Å². The number of ether oxygens (including phenoxy) is 1. The molecule has 3 atom stereocenters.